The quantitative estimate of drug-likeness (QED) is 0.547. The standard InChI is InChI=1S/C28H34O6/c1-16(29)33-22-13-19-25(2,3)21(30)8-11-26(19,4)18-7-10-27(5)20(28(18,22)6)14-23(31)34-24(27)17-9-12-32-15-17/h8-9,11-12,14-15,18-19,22,24H,7,10,13H2,1-6H3/t18-,19-,22+,24+,26-,27-,28-/m1/s1. The van der Waals surface area contributed by atoms with Gasteiger partial charge in [0, 0.05) is 34.8 Å². The number of hydrogen-bond acceptors (Lipinski definition) is 6. The molecule has 0 aromatic carbocycles. The van der Waals surface area contributed by atoms with Crippen LogP contribution in [0.3, 0.4) is 0 Å². The molecule has 3 aliphatic carbocycles. The molecule has 6 nitrogen and oxygen atoms in total. The van der Waals surface area contributed by atoms with Crippen molar-refractivity contribution in [2.75, 3.05) is 0 Å². The Morgan fingerprint density at radius 1 is 1.12 bits per heavy atom. The molecule has 6 heteroatoms. The van der Waals surface area contributed by atoms with Crippen LogP contribution in [0, 0.1) is 33.5 Å². The van der Waals surface area contributed by atoms with Crippen LogP contribution < -0.4 is 0 Å². The van der Waals surface area contributed by atoms with Gasteiger partial charge in [-0.25, -0.2) is 4.79 Å². The minimum atomic E-state index is -0.591. The molecule has 5 rings (SSSR count). The molecule has 0 amide bonds. The van der Waals surface area contributed by atoms with Gasteiger partial charge in [0.15, 0.2) is 5.78 Å². The van der Waals surface area contributed by atoms with Crippen LogP contribution in [0.5, 0.6) is 0 Å². The van der Waals surface area contributed by atoms with Gasteiger partial charge in [-0.1, -0.05) is 40.7 Å². The lowest BCUT2D eigenvalue weighted by Crippen LogP contribution is -2.65. The molecule has 0 unspecified atom stereocenters. The van der Waals surface area contributed by atoms with Gasteiger partial charge < -0.3 is 13.9 Å². The highest BCUT2D eigenvalue weighted by Gasteiger charge is 2.69. The normalized spacial score (nSPS) is 42.6. The first-order valence-corrected chi connectivity index (χ1v) is 12.2. The van der Waals surface area contributed by atoms with Gasteiger partial charge in [-0.15, -0.1) is 0 Å². The molecule has 2 saturated carbocycles. The molecule has 34 heavy (non-hydrogen) atoms. The molecule has 1 aliphatic heterocycles. The van der Waals surface area contributed by atoms with Crippen LogP contribution in [0.15, 0.2) is 46.8 Å². The smallest absolute Gasteiger partial charge is 0.331 e. The van der Waals surface area contributed by atoms with Gasteiger partial charge in [0.25, 0.3) is 0 Å². The molecule has 0 saturated heterocycles. The first kappa shape index (κ1) is 23.1. The number of allylic oxidation sites excluding steroid dienone is 2. The van der Waals surface area contributed by atoms with Crippen LogP contribution in [-0.2, 0) is 23.9 Å². The summed E-state index contributed by atoms with van der Waals surface area (Å²) in [6, 6.07) is 1.85. The monoisotopic (exact) mass is 466 g/mol. The summed E-state index contributed by atoms with van der Waals surface area (Å²) >= 11 is 0. The Bertz CT molecular complexity index is 1110. The van der Waals surface area contributed by atoms with Crippen LogP contribution in [0.25, 0.3) is 0 Å². The number of cyclic esters (lactones) is 1. The second kappa shape index (κ2) is 7.19. The minimum absolute atomic E-state index is 0.0186. The summed E-state index contributed by atoms with van der Waals surface area (Å²) in [7, 11) is 0. The Morgan fingerprint density at radius 2 is 1.85 bits per heavy atom. The van der Waals surface area contributed by atoms with Crippen LogP contribution in [0.1, 0.15) is 72.5 Å². The topological polar surface area (TPSA) is 82.8 Å². The molecule has 2 heterocycles. The van der Waals surface area contributed by atoms with E-state index >= 15 is 0 Å². The van der Waals surface area contributed by atoms with Crippen molar-refractivity contribution in [1.82, 2.24) is 0 Å². The van der Waals surface area contributed by atoms with Crippen molar-refractivity contribution >= 4 is 17.7 Å². The van der Waals surface area contributed by atoms with Crippen LogP contribution >= 0.6 is 0 Å². The van der Waals surface area contributed by atoms with E-state index in [-0.39, 0.29) is 35.0 Å². The van der Waals surface area contributed by atoms with Crippen molar-refractivity contribution in [3.63, 3.8) is 0 Å². The van der Waals surface area contributed by atoms with Gasteiger partial charge in [-0.2, -0.15) is 0 Å². The van der Waals surface area contributed by atoms with Crippen molar-refractivity contribution < 1.29 is 28.3 Å². The number of fused-ring (bicyclic) bond motifs is 5. The van der Waals surface area contributed by atoms with E-state index in [1.807, 2.05) is 19.9 Å². The van der Waals surface area contributed by atoms with Crippen LogP contribution in [0.2, 0.25) is 0 Å². The highest BCUT2D eigenvalue weighted by molar-refractivity contribution is 5.96. The molecular formula is C28H34O6. The molecule has 0 N–H and O–H groups in total. The number of ketones is 1. The maximum absolute atomic E-state index is 12.9. The summed E-state index contributed by atoms with van der Waals surface area (Å²) in [6.45, 7) is 12.0. The van der Waals surface area contributed by atoms with Gasteiger partial charge in [-0.3, -0.25) is 9.59 Å². The number of rotatable bonds is 2. The highest BCUT2D eigenvalue weighted by atomic mass is 16.6. The molecule has 7 atom stereocenters. The maximum atomic E-state index is 12.9. The van der Waals surface area contributed by atoms with Gasteiger partial charge in [-0.05, 0) is 54.2 Å². The van der Waals surface area contributed by atoms with Crippen LogP contribution in [0.4, 0.5) is 0 Å². The predicted octanol–water partition coefficient (Wildman–Crippen LogP) is 5.35. The average molecular weight is 467 g/mol. The first-order valence-electron chi connectivity index (χ1n) is 12.2. The van der Waals surface area contributed by atoms with E-state index in [0.717, 1.165) is 24.0 Å². The second-order valence-corrected chi connectivity index (χ2v) is 11.9. The Labute approximate surface area is 200 Å². The fourth-order valence-corrected chi connectivity index (χ4v) is 8.16. The third kappa shape index (κ3) is 2.89. The number of ether oxygens (including phenoxy) is 2. The Balaban J connectivity index is 1.70. The minimum Gasteiger partial charge on any atom is -0.472 e. The largest absolute Gasteiger partial charge is 0.472 e. The Morgan fingerprint density at radius 3 is 2.50 bits per heavy atom. The third-order valence-corrected chi connectivity index (χ3v) is 9.82. The second-order valence-electron chi connectivity index (χ2n) is 11.9. The molecule has 1 aromatic rings. The van der Waals surface area contributed by atoms with E-state index in [1.54, 1.807) is 24.7 Å². The van der Waals surface area contributed by atoms with Crippen molar-refractivity contribution in [2.24, 2.45) is 33.5 Å². The lowest BCUT2D eigenvalue weighted by molar-refractivity contribution is -0.195. The first-order chi connectivity index (χ1) is 15.8. The van der Waals surface area contributed by atoms with Crippen molar-refractivity contribution in [3.05, 3.63) is 48.0 Å². The molecule has 182 valence electrons. The maximum Gasteiger partial charge on any atom is 0.331 e. The Hall–Kier alpha value is -2.63. The van der Waals surface area contributed by atoms with Crippen molar-refractivity contribution in [3.8, 4) is 0 Å². The average Bonchev–Trinajstić information content (AvgIpc) is 3.28. The number of carbonyl (C=O) groups is 3. The lowest BCUT2D eigenvalue weighted by atomic mass is 9.38. The van der Waals surface area contributed by atoms with Gasteiger partial charge in [0.2, 0.25) is 0 Å². The zero-order valence-corrected chi connectivity index (χ0v) is 20.8. The fourth-order valence-electron chi connectivity index (χ4n) is 8.16. The summed E-state index contributed by atoms with van der Waals surface area (Å²) < 4.78 is 17.3. The number of carbonyl (C=O) groups excluding carboxylic acids is 3. The SMILES string of the molecule is CC(=O)O[C@H]1C[C@@H]2C(C)(C)C(=O)C=C[C@]2(C)[C@H]2CC[C@]3(C)C(=CC(=O)O[C@H]3c3ccoc3)[C@]12C. The van der Waals surface area contributed by atoms with E-state index in [2.05, 4.69) is 26.8 Å². The summed E-state index contributed by atoms with van der Waals surface area (Å²) in [5.41, 5.74) is -0.0920. The summed E-state index contributed by atoms with van der Waals surface area (Å²) in [4.78, 5) is 38.1. The molecule has 1 aromatic heterocycles. The molecular weight excluding hydrogens is 432 g/mol. The van der Waals surface area contributed by atoms with Gasteiger partial charge >= 0.3 is 11.9 Å². The number of hydrogen-bond donors (Lipinski definition) is 0. The van der Waals surface area contributed by atoms with E-state index < -0.39 is 28.5 Å². The molecule has 0 bridgehead atoms. The highest BCUT2D eigenvalue weighted by Crippen LogP contribution is 2.71. The van der Waals surface area contributed by atoms with Crippen molar-refractivity contribution in [2.45, 2.75) is 73.0 Å². The lowest BCUT2D eigenvalue weighted by Gasteiger charge is -2.67. The molecule has 0 spiro atoms. The summed E-state index contributed by atoms with van der Waals surface area (Å²) in [6.07, 6.45) is 10.0. The molecule has 4 aliphatic rings. The van der Waals surface area contributed by atoms with E-state index in [4.69, 9.17) is 13.9 Å². The number of furan rings is 1. The number of esters is 2. The van der Waals surface area contributed by atoms with E-state index in [1.165, 1.54) is 6.92 Å². The van der Waals surface area contributed by atoms with Crippen LogP contribution in [-0.4, -0.2) is 23.8 Å². The Kier molecular flexibility index (Phi) is 4.89. The van der Waals surface area contributed by atoms with E-state index in [9.17, 15) is 14.4 Å². The fraction of sp³-hybridized carbons (Fsp3) is 0.607. The summed E-state index contributed by atoms with van der Waals surface area (Å²) in [5, 5.41) is 0. The molecule has 0 radical (unpaired) electrons. The zero-order chi connectivity index (χ0) is 24.7. The van der Waals surface area contributed by atoms with Crippen molar-refractivity contribution in [1.29, 1.82) is 0 Å². The van der Waals surface area contributed by atoms with Gasteiger partial charge in [0.1, 0.15) is 12.2 Å². The predicted molar refractivity (Wildman–Crippen MR) is 124 cm³/mol. The van der Waals surface area contributed by atoms with E-state index in [0.29, 0.717) is 6.42 Å². The molecule has 2 fully saturated rings. The summed E-state index contributed by atoms with van der Waals surface area (Å²) in [5.74, 6) is -0.515. The third-order valence-electron chi connectivity index (χ3n) is 9.82. The van der Waals surface area contributed by atoms with Gasteiger partial charge in [0.05, 0.1) is 12.5 Å². The zero-order valence-electron chi connectivity index (χ0n) is 20.8.